The van der Waals surface area contributed by atoms with E-state index < -0.39 is 22.0 Å². The highest BCUT2D eigenvalue weighted by atomic mass is 32.2. The van der Waals surface area contributed by atoms with Crippen LogP contribution in [-0.2, 0) is 21.0 Å². The second kappa shape index (κ2) is 13.7. The summed E-state index contributed by atoms with van der Waals surface area (Å²) in [6, 6.07) is 19.8. The number of ether oxygens (including phenoxy) is 1. The van der Waals surface area contributed by atoms with Crippen molar-refractivity contribution in [1.82, 2.24) is 24.7 Å². The molecule has 0 radical (unpaired) electrons. The fourth-order valence-corrected chi connectivity index (χ4v) is 6.64. The number of carbonyl (C=O) groups is 2. The Labute approximate surface area is 254 Å². The normalized spacial score (nSPS) is 20.9. The monoisotopic (exact) mass is 607 g/mol. The van der Waals surface area contributed by atoms with Crippen LogP contribution >= 0.6 is 0 Å². The Morgan fingerprint density at radius 1 is 1.05 bits per heavy atom. The number of sulfone groups is 1. The maximum atomic E-state index is 14.3. The first-order chi connectivity index (χ1) is 20.7. The van der Waals surface area contributed by atoms with Crippen molar-refractivity contribution in [3.8, 4) is 11.3 Å². The second-order valence-corrected chi connectivity index (χ2v) is 13.8. The van der Waals surface area contributed by atoms with Gasteiger partial charge in [-0.1, -0.05) is 67.1 Å². The SMILES string of the molecule is CN(CCS(C)(=O)=O)C(=O)O[C@H]1CCCC[C@@H]1n1cnc(C(=O)N2CCNC[C@H]2Cc2ccccc2)c1-c1ccccc1. The van der Waals surface area contributed by atoms with Crippen molar-refractivity contribution in [2.45, 2.75) is 50.3 Å². The quantitative estimate of drug-likeness (QED) is 0.394. The summed E-state index contributed by atoms with van der Waals surface area (Å²) in [5.74, 6) is -0.236. The molecule has 0 bridgehead atoms. The van der Waals surface area contributed by atoms with Crippen LogP contribution in [0.15, 0.2) is 67.0 Å². The van der Waals surface area contributed by atoms with E-state index in [4.69, 9.17) is 9.72 Å². The minimum absolute atomic E-state index is 0.0109. The highest BCUT2D eigenvalue weighted by Crippen LogP contribution is 2.36. The molecule has 11 heteroatoms. The molecule has 3 aromatic rings. The first-order valence-corrected chi connectivity index (χ1v) is 17.0. The number of rotatable bonds is 9. The molecule has 43 heavy (non-hydrogen) atoms. The van der Waals surface area contributed by atoms with Gasteiger partial charge in [-0.3, -0.25) is 4.79 Å². The van der Waals surface area contributed by atoms with Crippen LogP contribution in [0.2, 0.25) is 0 Å². The Morgan fingerprint density at radius 2 is 1.74 bits per heavy atom. The summed E-state index contributed by atoms with van der Waals surface area (Å²) in [4.78, 5) is 35.2. The predicted molar refractivity (Wildman–Crippen MR) is 166 cm³/mol. The van der Waals surface area contributed by atoms with Gasteiger partial charge in [0, 0.05) is 51.1 Å². The zero-order chi connectivity index (χ0) is 30.4. The third-order valence-corrected chi connectivity index (χ3v) is 9.28. The molecule has 3 atom stereocenters. The van der Waals surface area contributed by atoms with Crippen molar-refractivity contribution in [1.29, 1.82) is 0 Å². The molecular formula is C32H41N5O5S. The van der Waals surface area contributed by atoms with Crippen LogP contribution in [0.25, 0.3) is 11.3 Å². The smallest absolute Gasteiger partial charge is 0.409 e. The molecule has 2 aliphatic rings. The number of carbonyl (C=O) groups excluding carboxylic acids is 2. The van der Waals surface area contributed by atoms with Crippen LogP contribution in [0.5, 0.6) is 0 Å². The van der Waals surface area contributed by atoms with E-state index in [1.807, 2.05) is 58.0 Å². The molecule has 1 aromatic heterocycles. The number of benzene rings is 2. The molecule has 5 rings (SSSR count). The minimum atomic E-state index is -3.21. The van der Waals surface area contributed by atoms with E-state index in [2.05, 4.69) is 17.4 Å². The van der Waals surface area contributed by atoms with Gasteiger partial charge < -0.3 is 24.4 Å². The van der Waals surface area contributed by atoms with Crippen molar-refractivity contribution in [2.75, 3.05) is 45.2 Å². The first kappa shape index (κ1) is 30.7. The molecule has 1 saturated carbocycles. The van der Waals surface area contributed by atoms with Gasteiger partial charge in [-0.25, -0.2) is 18.2 Å². The molecule has 1 aliphatic heterocycles. The highest BCUT2D eigenvalue weighted by Gasteiger charge is 2.36. The van der Waals surface area contributed by atoms with E-state index >= 15 is 0 Å². The molecule has 0 unspecified atom stereocenters. The highest BCUT2D eigenvalue weighted by molar-refractivity contribution is 7.90. The van der Waals surface area contributed by atoms with Gasteiger partial charge >= 0.3 is 6.09 Å². The van der Waals surface area contributed by atoms with Gasteiger partial charge in [-0.05, 0) is 31.2 Å². The van der Waals surface area contributed by atoms with Crippen LogP contribution in [-0.4, -0.2) is 97.2 Å². The third-order valence-electron chi connectivity index (χ3n) is 8.36. The van der Waals surface area contributed by atoms with Gasteiger partial charge in [0.05, 0.1) is 23.8 Å². The average Bonchev–Trinajstić information content (AvgIpc) is 3.46. The van der Waals surface area contributed by atoms with E-state index in [-0.39, 0.29) is 30.3 Å². The molecule has 1 aliphatic carbocycles. The van der Waals surface area contributed by atoms with Gasteiger partial charge in [0.15, 0.2) is 5.69 Å². The largest absolute Gasteiger partial charge is 0.444 e. The van der Waals surface area contributed by atoms with Crippen molar-refractivity contribution in [3.05, 3.63) is 78.2 Å². The number of nitrogens with zero attached hydrogens (tertiary/aromatic N) is 4. The minimum Gasteiger partial charge on any atom is -0.444 e. The van der Waals surface area contributed by atoms with E-state index in [1.54, 1.807) is 13.4 Å². The van der Waals surface area contributed by atoms with Crippen LogP contribution in [0.3, 0.4) is 0 Å². The average molecular weight is 608 g/mol. The fourth-order valence-electron chi connectivity index (χ4n) is 6.03. The molecule has 0 spiro atoms. The lowest BCUT2D eigenvalue weighted by atomic mass is 9.91. The Bertz CT molecular complexity index is 1490. The number of aromatic nitrogens is 2. The number of hydrogen-bond donors (Lipinski definition) is 1. The second-order valence-electron chi connectivity index (χ2n) is 11.6. The lowest BCUT2D eigenvalue weighted by Gasteiger charge is -2.36. The number of imidazole rings is 1. The van der Waals surface area contributed by atoms with Gasteiger partial charge in [-0.15, -0.1) is 0 Å². The molecule has 2 fully saturated rings. The Balaban J connectivity index is 1.44. The lowest BCUT2D eigenvalue weighted by Crippen LogP contribution is -2.54. The summed E-state index contributed by atoms with van der Waals surface area (Å²) in [5.41, 5.74) is 3.17. The van der Waals surface area contributed by atoms with Crippen LogP contribution in [0.1, 0.15) is 47.8 Å². The molecule has 1 saturated heterocycles. The van der Waals surface area contributed by atoms with Crippen LogP contribution < -0.4 is 5.32 Å². The van der Waals surface area contributed by atoms with Gasteiger partial charge in [0.1, 0.15) is 15.9 Å². The van der Waals surface area contributed by atoms with Crippen molar-refractivity contribution in [3.63, 3.8) is 0 Å². The summed E-state index contributed by atoms with van der Waals surface area (Å²) in [5, 5.41) is 3.44. The third kappa shape index (κ3) is 7.64. The summed E-state index contributed by atoms with van der Waals surface area (Å²) in [6.07, 6.45) is 5.91. The maximum absolute atomic E-state index is 14.3. The van der Waals surface area contributed by atoms with Gasteiger partial charge in [-0.2, -0.15) is 0 Å². The van der Waals surface area contributed by atoms with Gasteiger partial charge in [0.2, 0.25) is 0 Å². The molecule has 230 valence electrons. The zero-order valence-electron chi connectivity index (χ0n) is 24.9. The van der Waals surface area contributed by atoms with Crippen LogP contribution in [0, 0.1) is 0 Å². The van der Waals surface area contributed by atoms with E-state index in [1.165, 1.54) is 10.5 Å². The predicted octanol–water partition coefficient (Wildman–Crippen LogP) is 3.80. The number of hydrogen-bond acceptors (Lipinski definition) is 7. The Kier molecular flexibility index (Phi) is 9.82. The summed E-state index contributed by atoms with van der Waals surface area (Å²) < 4.78 is 31.2. The lowest BCUT2D eigenvalue weighted by molar-refractivity contribution is 0.0242. The summed E-state index contributed by atoms with van der Waals surface area (Å²) in [6.45, 7) is 2.06. The topological polar surface area (TPSA) is 114 Å². The number of nitrogens with one attached hydrogen (secondary N) is 1. The van der Waals surface area contributed by atoms with E-state index in [9.17, 15) is 18.0 Å². The maximum Gasteiger partial charge on any atom is 0.409 e. The number of amides is 2. The molecule has 2 aromatic carbocycles. The molecule has 1 N–H and O–H groups in total. The Morgan fingerprint density at radius 3 is 2.47 bits per heavy atom. The molecule has 10 nitrogen and oxygen atoms in total. The van der Waals surface area contributed by atoms with Crippen molar-refractivity contribution in [2.24, 2.45) is 0 Å². The van der Waals surface area contributed by atoms with E-state index in [0.29, 0.717) is 31.7 Å². The van der Waals surface area contributed by atoms with Crippen molar-refractivity contribution >= 4 is 21.8 Å². The van der Waals surface area contributed by atoms with E-state index in [0.717, 1.165) is 43.2 Å². The zero-order valence-corrected chi connectivity index (χ0v) is 25.7. The molecule has 2 amide bonds. The fraction of sp³-hybridized carbons (Fsp3) is 0.469. The standard InChI is InChI=1S/C32H41N5O5S/c1-35(19-20-43(2,40)41)32(39)42-28-16-10-9-15-27(28)37-23-34-29(30(37)25-13-7-4-8-14-25)31(38)36-18-17-33-22-26(36)21-24-11-5-3-6-12-24/h3-8,11-14,23,26-28,33H,9-10,15-22H2,1-2H3/t26-,27+,28+/m1/s1. The first-order valence-electron chi connectivity index (χ1n) is 15.0. The molecule has 2 heterocycles. The summed E-state index contributed by atoms with van der Waals surface area (Å²) >= 11 is 0. The van der Waals surface area contributed by atoms with Crippen molar-refractivity contribution < 1.29 is 22.7 Å². The van der Waals surface area contributed by atoms with Gasteiger partial charge in [0.25, 0.3) is 5.91 Å². The Hall–Kier alpha value is -3.70. The molecular weight excluding hydrogens is 566 g/mol. The summed E-state index contributed by atoms with van der Waals surface area (Å²) in [7, 11) is -1.66. The van der Waals surface area contributed by atoms with Crippen LogP contribution in [0.4, 0.5) is 4.79 Å². The number of piperazine rings is 1.